The molecule has 0 radical (unpaired) electrons. The van der Waals surface area contributed by atoms with Gasteiger partial charge in [0.15, 0.2) is 0 Å². The van der Waals surface area contributed by atoms with E-state index in [1.165, 1.54) is 0 Å². The van der Waals surface area contributed by atoms with Gasteiger partial charge < -0.3 is 15.0 Å². The number of aliphatic carboxylic acids is 1. The van der Waals surface area contributed by atoms with Crippen molar-refractivity contribution in [1.82, 2.24) is 9.88 Å². The summed E-state index contributed by atoms with van der Waals surface area (Å²) in [5.74, 6) is -1.39. The second-order valence-electron chi connectivity index (χ2n) is 5.49. The minimum Gasteiger partial charge on any atom is -0.481 e. The van der Waals surface area contributed by atoms with Crippen LogP contribution in [0.25, 0.3) is 0 Å². The zero-order chi connectivity index (χ0) is 13.4. The van der Waals surface area contributed by atoms with Gasteiger partial charge in [-0.05, 0) is 37.8 Å². The van der Waals surface area contributed by atoms with Crippen molar-refractivity contribution in [2.75, 3.05) is 0 Å². The number of carbonyl (C=O) groups excluding carboxylic acids is 1. The lowest BCUT2D eigenvalue weighted by Crippen LogP contribution is -2.40. The van der Waals surface area contributed by atoms with Crippen molar-refractivity contribution >= 4 is 11.9 Å². The molecule has 0 aliphatic heterocycles. The third kappa shape index (κ3) is 2.37. The number of nitrogens with zero attached hydrogens (tertiary/aromatic N) is 1. The van der Waals surface area contributed by atoms with Crippen molar-refractivity contribution in [3.8, 4) is 0 Å². The molecule has 0 bridgehead atoms. The Bertz CT molecular complexity index is 505. The van der Waals surface area contributed by atoms with E-state index < -0.39 is 11.9 Å². The van der Waals surface area contributed by atoms with Crippen molar-refractivity contribution in [1.29, 1.82) is 0 Å². The van der Waals surface area contributed by atoms with E-state index in [-0.39, 0.29) is 11.9 Å². The first-order valence-corrected chi connectivity index (χ1v) is 6.87. The first-order valence-electron chi connectivity index (χ1n) is 6.87. The van der Waals surface area contributed by atoms with Gasteiger partial charge in [0.25, 0.3) is 5.91 Å². The summed E-state index contributed by atoms with van der Waals surface area (Å²) in [5.41, 5.74) is 0.651. The third-order valence-electron chi connectivity index (χ3n) is 4.10. The maximum Gasteiger partial charge on any atom is 0.308 e. The van der Waals surface area contributed by atoms with Crippen LogP contribution in [0, 0.1) is 5.92 Å². The lowest BCUT2D eigenvalue weighted by atomic mass is 10.0. The average Bonchev–Trinajstić information content (AvgIpc) is 2.92. The summed E-state index contributed by atoms with van der Waals surface area (Å²) < 4.78 is 2.00. The molecular formula is C14H18N2O3. The molecule has 5 nitrogen and oxygen atoms in total. The zero-order valence-corrected chi connectivity index (χ0v) is 10.7. The number of carboxylic acids is 1. The lowest BCUT2D eigenvalue weighted by molar-refractivity contribution is -0.142. The Balaban J connectivity index is 1.70. The van der Waals surface area contributed by atoms with Crippen molar-refractivity contribution in [3.05, 3.63) is 24.0 Å². The van der Waals surface area contributed by atoms with Crippen LogP contribution in [-0.4, -0.2) is 27.6 Å². The minimum atomic E-state index is -0.805. The Labute approximate surface area is 111 Å². The van der Waals surface area contributed by atoms with E-state index in [1.54, 1.807) is 6.07 Å². The molecular weight excluding hydrogens is 244 g/mol. The normalized spacial score (nSPS) is 26.3. The van der Waals surface area contributed by atoms with Gasteiger partial charge in [0.05, 0.1) is 5.92 Å². The van der Waals surface area contributed by atoms with Gasteiger partial charge in [-0.2, -0.15) is 0 Å². The Hall–Kier alpha value is -1.78. The molecule has 19 heavy (non-hydrogen) atoms. The van der Waals surface area contributed by atoms with Crippen LogP contribution >= 0.6 is 0 Å². The monoisotopic (exact) mass is 262 g/mol. The van der Waals surface area contributed by atoms with Crippen molar-refractivity contribution in [3.63, 3.8) is 0 Å². The number of amides is 1. The summed E-state index contributed by atoms with van der Waals surface area (Å²) in [6, 6.07) is 3.90. The van der Waals surface area contributed by atoms with E-state index in [0.717, 1.165) is 25.7 Å². The molecule has 1 aromatic rings. The van der Waals surface area contributed by atoms with E-state index >= 15 is 0 Å². The first kappa shape index (κ1) is 12.3. The highest BCUT2D eigenvalue weighted by Gasteiger charge is 2.35. The second-order valence-corrected chi connectivity index (χ2v) is 5.49. The number of carboxylic acid groups (broad SMARTS) is 1. The van der Waals surface area contributed by atoms with Crippen molar-refractivity contribution < 1.29 is 14.7 Å². The Morgan fingerprint density at radius 1 is 1.26 bits per heavy atom. The standard InChI is InChI=1S/C14H18N2O3/c17-13(12-5-2-8-16(12)9-6-7-9)15-11-4-1-3-10(11)14(18)19/h2,5,8-11H,1,3-4,6-7H2,(H,15,17)(H,18,19). The molecule has 2 aliphatic carbocycles. The maximum atomic E-state index is 12.3. The van der Waals surface area contributed by atoms with Gasteiger partial charge in [-0.15, -0.1) is 0 Å². The van der Waals surface area contributed by atoms with Crippen LogP contribution in [0.15, 0.2) is 18.3 Å². The van der Waals surface area contributed by atoms with E-state index in [2.05, 4.69) is 5.32 Å². The molecule has 3 rings (SSSR count). The lowest BCUT2D eigenvalue weighted by Gasteiger charge is -2.18. The number of hydrogen-bond donors (Lipinski definition) is 2. The summed E-state index contributed by atoms with van der Waals surface area (Å²) in [4.78, 5) is 23.4. The van der Waals surface area contributed by atoms with Crippen LogP contribution in [0.1, 0.15) is 48.6 Å². The SMILES string of the molecule is O=C(NC1CCCC1C(=O)O)c1cccn1C1CC1. The molecule has 5 heteroatoms. The fourth-order valence-electron chi connectivity index (χ4n) is 2.93. The quantitative estimate of drug-likeness (QED) is 0.869. The Morgan fingerprint density at radius 3 is 2.74 bits per heavy atom. The van der Waals surface area contributed by atoms with Crippen molar-refractivity contribution in [2.24, 2.45) is 5.92 Å². The van der Waals surface area contributed by atoms with Gasteiger partial charge in [0.1, 0.15) is 5.69 Å². The highest BCUT2D eigenvalue weighted by molar-refractivity contribution is 5.93. The molecule has 0 aromatic carbocycles. The van der Waals surface area contributed by atoms with Gasteiger partial charge >= 0.3 is 5.97 Å². The van der Waals surface area contributed by atoms with Crippen LogP contribution in [0.3, 0.4) is 0 Å². The first-order chi connectivity index (χ1) is 9.16. The van der Waals surface area contributed by atoms with Crippen LogP contribution in [0.5, 0.6) is 0 Å². The van der Waals surface area contributed by atoms with Gasteiger partial charge in [0.2, 0.25) is 0 Å². The fourth-order valence-corrected chi connectivity index (χ4v) is 2.93. The zero-order valence-electron chi connectivity index (χ0n) is 10.7. The molecule has 102 valence electrons. The summed E-state index contributed by atoms with van der Waals surface area (Å²) in [7, 11) is 0. The molecule has 2 unspecified atom stereocenters. The number of carbonyl (C=O) groups is 2. The molecule has 2 saturated carbocycles. The largest absolute Gasteiger partial charge is 0.481 e. The molecule has 2 aliphatic rings. The van der Waals surface area contributed by atoms with Gasteiger partial charge in [-0.1, -0.05) is 6.42 Å². The summed E-state index contributed by atoms with van der Waals surface area (Å²) in [5, 5.41) is 12.0. The number of nitrogens with one attached hydrogen (secondary N) is 1. The molecule has 0 saturated heterocycles. The van der Waals surface area contributed by atoms with E-state index in [1.807, 2.05) is 16.8 Å². The van der Waals surface area contributed by atoms with E-state index in [0.29, 0.717) is 18.2 Å². The number of rotatable bonds is 4. The molecule has 1 heterocycles. The second kappa shape index (κ2) is 4.72. The molecule has 2 atom stereocenters. The molecule has 2 N–H and O–H groups in total. The Morgan fingerprint density at radius 2 is 2.05 bits per heavy atom. The summed E-state index contributed by atoms with van der Waals surface area (Å²) >= 11 is 0. The summed E-state index contributed by atoms with van der Waals surface area (Å²) in [6.07, 6.45) is 6.45. The topological polar surface area (TPSA) is 71.3 Å². The van der Waals surface area contributed by atoms with Gasteiger partial charge in [-0.25, -0.2) is 0 Å². The maximum absolute atomic E-state index is 12.3. The third-order valence-corrected chi connectivity index (χ3v) is 4.10. The highest BCUT2D eigenvalue weighted by Crippen LogP contribution is 2.36. The Kier molecular flexibility index (Phi) is 3.05. The fraction of sp³-hybridized carbons (Fsp3) is 0.571. The van der Waals surface area contributed by atoms with E-state index in [4.69, 9.17) is 5.11 Å². The molecule has 1 amide bonds. The number of aromatic nitrogens is 1. The minimum absolute atomic E-state index is 0.143. The van der Waals surface area contributed by atoms with Crippen molar-refractivity contribution in [2.45, 2.75) is 44.2 Å². The van der Waals surface area contributed by atoms with Crippen LogP contribution in [-0.2, 0) is 4.79 Å². The molecule has 2 fully saturated rings. The van der Waals surface area contributed by atoms with Crippen LogP contribution in [0.4, 0.5) is 0 Å². The smallest absolute Gasteiger partial charge is 0.308 e. The molecule has 1 aromatic heterocycles. The van der Waals surface area contributed by atoms with Gasteiger partial charge in [0, 0.05) is 18.3 Å². The van der Waals surface area contributed by atoms with Crippen LogP contribution < -0.4 is 5.32 Å². The van der Waals surface area contributed by atoms with Gasteiger partial charge in [-0.3, -0.25) is 9.59 Å². The van der Waals surface area contributed by atoms with Crippen LogP contribution in [0.2, 0.25) is 0 Å². The summed E-state index contributed by atoms with van der Waals surface area (Å²) in [6.45, 7) is 0. The predicted octanol–water partition coefficient (Wildman–Crippen LogP) is 1.81. The van der Waals surface area contributed by atoms with E-state index in [9.17, 15) is 9.59 Å². The predicted molar refractivity (Wildman–Crippen MR) is 68.9 cm³/mol. The number of hydrogen-bond acceptors (Lipinski definition) is 2. The average molecular weight is 262 g/mol. The highest BCUT2D eigenvalue weighted by atomic mass is 16.4. The molecule has 0 spiro atoms.